The van der Waals surface area contributed by atoms with Crippen molar-refractivity contribution in [2.75, 3.05) is 19.6 Å². The third kappa shape index (κ3) is 1.92. The molecule has 1 aromatic heterocycles. The van der Waals surface area contributed by atoms with E-state index in [0.29, 0.717) is 5.91 Å². The van der Waals surface area contributed by atoms with E-state index in [4.69, 9.17) is 0 Å². The third-order valence-corrected chi connectivity index (χ3v) is 4.14. The number of aromatic nitrogens is 2. The molecule has 3 rings (SSSR count). The Balaban J connectivity index is 1.81. The number of imidazole rings is 1. The van der Waals surface area contributed by atoms with E-state index in [9.17, 15) is 4.79 Å². The molecule has 1 saturated heterocycles. The Hall–Kier alpha value is -1.36. The lowest BCUT2D eigenvalue weighted by atomic mass is 9.84. The van der Waals surface area contributed by atoms with Crippen LogP contribution in [-0.4, -0.2) is 40.0 Å². The van der Waals surface area contributed by atoms with E-state index >= 15 is 0 Å². The Labute approximate surface area is 107 Å². The van der Waals surface area contributed by atoms with Gasteiger partial charge in [-0.2, -0.15) is 0 Å². The standard InChI is InChI=1S/C13H20N4O/c1-16-7-6-15-12(16)11-9-14-5-8-17(11)13(18)10-3-2-4-10/h6-7,10-11,14H,2-5,8-9H2,1H3. The normalized spacial score (nSPS) is 24.9. The van der Waals surface area contributed by atoms with Gasteiger partial charge in [-0.25, -0.2) is 4.98 Å². The van der Waals surface area contributed by atoms with Crippen LogP contribution in [0.1, 0.15) is 31.1 Å². The van der Waals surface area contributed by atoms with E-state index in [1.807, 2.05) is 22.7 Å². The fourth-order valence-corrected chi connectivity index (χ4v) is 2.79. The minimum absolute atomic E-state index is 0.0897. The number of piperazine rings is 1. The summed E-state index contributed by atoms with van der Waals surface area (Å²) < 4.78 is 2.01. The van der Waals surface area contributed by atoms with E-state index in [2.05, 4.69) is 10.3 Å². The number of hydrogen-bond donors (Lipinski definition) is 1. The lowest BCUT2D eigenvalue weighted by Crippen LogP contribution is -2.51. The van der Waals surface area contributed by atoms with Crippen molar-refractivity contribution in [1.82, 2.24) is 19.8 Å². The van der Waals surface area contributed by atoms with Crippen molar-refractivity contribution in [2.24, 2.45) is 13.0 Å². The molecule has 2 aliphatic rings. The highest BCUT2D eigenvalue weighted by Crippen LogP contribution is 2.31. The molecule has 1 unspecified atom stereocenters. The molecule has 1 aliphatic heterocycles. The first-order valence-corrected chi connectivity index (χ1v) is 6.76. The molecule has 98 valence electrons. The summed E-state index contributed by atoms with van der Waals surface area (Å²) in [5, 5.41) is 3.36. The van der Waals surface area contributed by atoms with E-state index in [1.165, 1.54) is 6.42 Å². The van der Waals surface area contributed by atoms with Gasteiger partial charge in [-0.15, -0.1) is 0 Å². The molecule has 0 spiro atoms. The van der Waals surface area contributed by atoms with Crippen molar-refractivity contribution in [3.8, 4) is 0 Å². The third-order valence-electron chi connectivity index (χ3n) is 4.14. The first-order valence-electron chi connectivity index (χ1n) is 6.76. The number of nitrogens with zero attached hydrogens (tertiary/aromatic N) is 3. The van der Waals surface area contributed by atoms with Crippen molar-refractivity contribution >= 4 is 5.91 Å². The van der Waals surface area contributed by atoms with Crippen molar-refractivity contribution in [3.05, 3.63) is 18.2 Å². The molecule has 0 aromatic carbocycles. The summed E-state index contributed by atoms with van der Waals surface area (Å²) in [7, 11) is 1.99. The maximum absolute atomic E-state index is 12.5. The second-order valence-electron chi connectivity index (χ2n) is 5.28. The average Bonchev–Trinajstić information content (AvgIpc) is 2.73. The monoisotopic (exact) mass is 248 g/mol. The van der Waals surface area contributed by atoms with Gasteiger partial charge in [0.1, 0.15) is 11.9 Å². The summed E-state index contributed by atoms with van der Waals surface area (Å²) in [6.07, 6.45) is 7.08. The number of hydrogen-bond acceptors (Lipinski definition) is 3. The van der Waals surface area contributed by atoms with Gasteiger partial charge in [-0.05, 0) is 12.8 Å². The van der Waals surface area contributed by atoms with Crippen LogP contribution in [0.3, 0.4) is 0 Å². The second-order valence-corrected chi connectivity index (χ2v) is 5.28. The number of nitrogens with one attached hydrogen (secondary N) is 1. The highest BCUT2D eigenvalue weighted by molar-refractivity contribution is 5.80. The smallest absolute Gasteiger partial charge is 0.226 e. The molecule has 0 radical (unpaired) electrons. The topological polar surface area (TPSA) is 50.2 Å². The highest BCUT2D eigenvalue weighted by Gasteiger charge is 2.36. The molecule has 0 bridgehead atoms. The fourth-order valence-electron chi connectivity index (χ4n) is 2.79. The maximum Gasteiger partial charge on any atom is 0.226 e. The molecular weight excluding hydrogens is 228 g/mol. The van der Waals surface area contributed by atoms with E-state index in [0.717, 1.165) is 38.3 Å². The van der Waals surface area contributed by atoms with Crippen LogP contribution in [0.2, 0.25) is 0 Å². The van der Waals surface area contributed by atoms with Gasteiger partial charge in [-0.1, -0.05) is 6.42 Å². The largest absolute Gasteiger partial charge is 0.336 e. The minimum Gasteiger partial charge on any atom is -0.336 e. The quantitative estimate of drug-likeness (QED) is 0.838. The van der Waals surface area contributed by atoms with Gasteiger partial charge in [0.05, 0.1) is 0 Å². The maximum atomic E-state index is 12.5. The van der Waals surface area contributed by atoms with Crippen LogP contribution in [0.25, 0.3) is 0 Å². The summed E-state index contributed by atoms with van der Waals surface area (Å²) >= 11 is 0. The van der Waals surface area contributed by atoms with Crippen LogP contribution in [-0.2, 0) is 11.8 Å². The first kappa shape index (κ1) is 11.7. The SMILES string of the molecule is Cn1ccnc1C1CNCCN1C(=O)C1CCC1. The predicted octanol–water partition coefficient (Wildman–Crippen LogP) is 0.693. The number of carbonyl (C=O) groups is 1. The molecule has 1 amide bonds. The summed E-state index contributed by atoms with van der Waals surface area (Å²) in [6, 6.07) is 0.0897. The number of amides is 1. The van der Waals surface area contributed by atoms with Gasteiger partial charge in [-0.3, -0.25) is 4.79 Å². The Morgan fingerprint density at radius 2 is 2.33 bits per heavy atom. The molecule has 5 heteroatoms. The Bertz CT molecular complexity index is 438. The second kappa shape index (κ2) is 4.72. The van der Waals surface area contributed by atoms with Crippen LogP contribution in [0.5, 0.6) is 0 Å². The predicted molar refractivity (Wildman–Crippen MR) is 67.9 cm³/mol. The minimum atomic E-state index is 0.0897. The lowest BCUT2D eigenvalue weighted by Gasteiger charge is -2.39. The highest BCUT2D eigenvalue weighted by atomic mass is 16.2. The zero-order valence-corrected chi connectivity index (χ0v) is 10.8. The van der Waals surface area contributed by atoms with Crippen molar-refractivity contribution in [2.45, 2.75) is 25.3 Å². The molecular formula is C13H20N4O. The fraction of sp³-hybridized carbons (Fsp3) is 0.692. The summed E-state index contributed by atoms with van der Waals surface area (Å²) in [5.74, 6) is 1.58. The van der Waals surface area contributed by atoms with Crippen LogP contribution < -0.4 is 5.32 Å². The van der Waals surface area contributed by atoms with E-state index < -0.39 is 0 Å². The van der Waals surface area contributed by atoms with Crippen molar-refractivity contribution in [3.63, 3.8) is 0 Å². The van der Waals surface area contributed by atoms with Gasteiger partial charge in [0.2, 0.25) is 5.91 Å². The summed E-state index contributed by atoms with van der Waals surface area (Å²) in [5.41, 5.74) is 0. The summed E-state index contributed by atoms with van der Waals surface area (Å²) in [6.45, 7) is 2.50. The Morgan fingerprint density at radius 1 is 1.50 bits per heavy atom. The van der Waals surface area contributed by atoms with Crippen LogP contribution in [0, 0.1) is 5.92 Å². The number of aryl methyl sites for hydroxylation is 1. The molecule has 5 nitrogen and oxygen atoms in total. The number of rotatable bonds is 2. The van der Waals surface area contributed by atoms with Gasteiger partial charge in [0.25, 0.3) is 0 Å². The van der Waals surface area contributed by atoms with Crippen molar-refractivity contribution < 1.29 is 4.79 Å². The molecule has 1 aromatic rings. The van der Waals surface area contributed by atoms with Crippen LogP contribution >= 0.6 is 0 Å². The molecule has 1 aliphatic carbocycles. The average molecular weight is 248 g/mol. The molecule has 18 heavy (non-hydrogen) atoms. The Morgan fingerprint density at radius 3 is 2.94 bits per heavy atom. The van der Waals surface area contributed by atoms with Gasteiger partial charge in [0, 0.05) is 45.0 Å². The molecule has 2 heterocycles. The van der Waals surface area contributed by atoms with Crippen LogP contribution in [0.4, 0.5) is 0 Å². The molecule has 2 fully saturated rings. The van der Waals surface area contributed by atoms with Crippen molar-refractivity contribution in [1.29, 1.82) is 0 Å². The Kier molecular flexibility index (Phi) is 3.07. The zero-order valence-electron chi connectivity index (χ0n) is 10.8. The van der Waals surface area contributed by atoms with Gasteiger partial charge >= 0.3 is 0 Å². The first-order chi connectivity index (χ1) is 8.77. The molecule has 1 atom stereocenters. The molecule has 1 saturated carbocycles. The van der Waals surface area contributed by atoms with Gasteiger partial charge < -0.3 is 14.8 Å². The van der Waals surface area contributed by atoms with E-state index in [1.54, 1.807) is 6.20 Å². The van der Waals surface area contributed by atoms with E-state index in [-0.39, 0.29) is 12.0 Å². The zero-order chi connectivity index (χ0) is 12.5. The number of carbonyl (C=O) groups excluding carboxylic acids is 1. The summed E-state index contributed by atoms with van der Waals surface area (Å²) in [4.78, 5) is 18.9. The van der Waals surface area contributed by atoms with Gasteiger partial charge in [0.15, 0.2) is 0 Å². The molecule has 1 N–H and O–H groups in total. The van der Waals surface area contributed by atoms with Crippen LogP contribution in [0.15, 0.2) is 12.4 Å². The lowest BCUT2D eigenvalue weighted by molar-refractivity contribution is -0.141.